The fourth-order valence-corrected chi connectivity index (χ4v) is 7.39. The summed E-state index contributed by atoms with van der Waals surface area (Å²) in [6.07, 6.45) is 10.7. The van der Waals surface area contributed by atoms with Gasteiger partial charge in [0.2, 0.25) is 0 Å². The molecule has 2 amide bonds. The van der Waals surface area contributed by atoms with Crippen LogP contribution < -0.4 is 5.32 Å². The molecule has 0 unspecified atom stereocenters. The molecule has 4 bridgehead atoms. The SMILES string of the molecule is CN(CCS(C)(=O)=O)C(=O)c1cc2c(C(=O)NCC34CC5CC(CC(C5)C3)C4)cccn2n1. The molecule has 2 aromatic rings. The third kappa shape index (κ3) is 4.52. The summed E-state index contributed by atoms with van der Waals surface area (Å²) < 4.78 is 24.4. The summed E-state index contributed by atoms with van der Waals surface area (Å²) in [6, 6.07) is 5.12. The molecule has 0 saturated heterocycles. The van der Waals surface area contributed by atoms with Gasteiger partial charge in [-0.1, -0.05) is 0 Å². The van der Waals surface area contributed by atoms with Crippen LogP contribution in [0, 0.1) is 23.2 Å². The van der Waals surface area contributed by atoms with E-state index in [1.165, 1.54) is 47.9 Å². The first kappa shape index (κ1) is 22.4. The van der Waals surface area contributed by atoms with E-state index >= 15 is 0 Å². The third-order valence-electron chi connectivity index (χ3n) is 7.90. The lowest BCUT2D eigenvalue weighted by molar-refractivity contribution is -0.0503. The topological polar surface area (TPSA) is 101 Å². The van der Waals surface area contributed by atoms with E-state index in [-0.39, 0.29) is 35.2 Å². The second-order valence-electron chi connectivity index (χ2n) is 10.7. The average molecular weight is 473 g/mol. The minimum absolute atomic E-state index is 0.0872. The summed E-state index contributed by atoms with van der Waals surface area (Å²) in [6.45, 7) is 0.800. The molecule has 0 radical (unpaired) electrons. The number of hydrogen-bond donors (Lipinski definition) is 1. The van der Waals surface area contributed by atoms with Gasteiger partial charge in [-0.05, 0) is 79.9 Å². The number of hydrogen-bond acceptors (Lipinski definition) is 5. The van der Waals surface area contributed by atoms with Crippen LogP contribution in [0.2, 0.25) is 0 Å². The Hall–Kier alpha value is -2.42. The van der Waals surface area contributed by atoms with Crippen LogP contribution in [0.25, 0.3) is 5.52 Å². The first-order chi connectivity index (χ1) is 15.6. The van der Waals surface area contributed by atoms with Gasteiger partial charge in [0, 0.05) is 32.6 Å². The number of amides is 2. The van der Waals surface area contributed by atoms with Gasteiger partial charge in [0.15, 0.2) is 5.69 Å². The monoisotopic (exact) mass is 472 g/mol. The molecular formula is C24H32N4O4S. The fraction of sp³-hybridized carbons (Fsp3) is 0.625. The Balaban J connectivity index is 1.30. The number of pyridine rings is 1. The van der Waals surface area contributed by atoms with E-state index in [1.54, 1.807) is 31.4 Å². The van der Waals surface area contributed by atoms with E-state index in [0.29, 0.717) is 17.6 Å². The number of carbonyl (C=O) groups is 2. The van der Waals surface area contributed by atoms with E-state index in [9.17, 15) is 18.0 Å². The van der Waals surface area contributed by atoms with Crippen LogP contribution in [0.4, 0.5) is 0 Å². The van der Waals surface area contributed by atoms with Gasteiger partial charge in [0.05, 0.1) is 16.8 Å². The van der Waals surface area contributed by atoms with Gasteiger partial charge in [-0.3, -0.25) is 9.59 Å². The van der Waals surface area contributed by atoms with Crippen LogP contribution in [0.15, 0.2) is 24.4 Å². The zero-order valence-corrected chi connectivity index (χ0v) is 20.1. The number of aromatic nitrogens is 2. The van der Waals surface area contributed by atoms with Gasteiger partial charge in [0.1, 0.15) is 9.84 Å². The van der Waals surface area contributed by atoms with Crippen molar-refractivity contribution >= 4 is 27.2 Å². The standard InChI is InChI=1S/C24H32N4O4S/c1-27(6-7-33(2,31)32)23(30)20-11-21-19(4-3-5-28(21)26-20)22(29)25-15-24-12-16-8-17(13-24)10-18(9-16)14-24/h3-5,11,16-18H,6-10,12-15H2,1-2H3,(H,25,29). The summed E-state index contributed by atoms with van der Waals surface area (Å²) in [5.74, 6) is 1.88. The molecule has 0 aliphatic heterocycles. The smallest absolute Gasteiger partial charge is 0.274 e. The summed E-state index contributed by atoms with van der Waals surface area (Å²) >= 11 is 0. The lowest BCUT2D eigenvalue weighted by Crippen LogP contribution is -2.51. The van der Waals surface area contributed by atoms with Gasteiger partial charge >= 0.3 is 0 Å². The van der Waals surface area contributed by atoms with Crippen molar-refractivity contribution in [1.29, 1.82) is 0 Å². The molecule has 4 aliphatic carbocycles. The normalized spacial score (nSPS) is 28.2. The molecule has 0 atom stereocenters. The van der Waals surface area contributed by atoms with Crippen LogP contribution >= 0.6 is 0 Å². The molecule has 4 aliphatic rings. The predicted molar refractivity (Wildman–Crippen MR) is 125 cm³/mol. The van der Waals surface area contributed by atoms with Crippen molar-refractivity contribution in [1.82, 2.24) is 19.8 Å². The number of fused-ring (bicyclic) bond motifs is 1. The van der Waals surface area contributed by atoms with Crippen molar-refractivity contribution in [2.75, 3.05) is 32.1 Å². The van der Waals surface area contributed by atoms with Crippen molar-refractivity contribution in [2.45, 2.75) is 38.5 Å². The second kappa shape index (κ2) is 8.11. The molecule has 0 spiro atoms. The Morgan fingerprint density at radius 3 is 2.42 bits per heavy atom. The highest BCUT2D eigenvalue weighted by atomic mass is 32.2. The van der Waals surface area contributed by atoms with E-state index in [1.807, 2.05) is 0 Å². The van der Waals surface area contributed by atoms with Crippen molar-refractivity contribution in [3.05, 3.63) is 35.7 Å². The molecule has 8 nitrogen and oxygen atoms in total. The minimum atomic E-state index is -3.17. The average Bonchev–Trinajstić information content (AvgIpc) is 3.18. The van der Waals surface area contributed by atoms with E-state index in [2.05, 4.69) is 10.4 Å². The molecule has 178 valence electrons. The van der Waals surface area contributed by atoms with Crippen LogP contribution in [0.5, 0.6) is 0 Å². The number of carbonyl (C=O) groups excluding carboxylic acids is 2. The van der Waals surface area contributed by atoms with Crippen LogP contribution in [-0.2, 0) is 9.84 Å². The first-order valence-corrected chi connectivity index (χ1v) is 13.9. The Kier molecular flexibility index (Phi) is 5.50. The Morgan fingerprint density at radius 2 is 1.82 bits per heavy atom. The highest BCUT2D eigenvalue weighted by Crippen LogP contribution is 2.59. The molecule has 2 heterocycles. The lowest BCUT2D eigenvalue weighted by Gasteiger charge is -2.56. The summed E-state index contributed by atoms with van der Waals surface area (Å²) in [7, 11) is -1.62. The zero-order valence-electron chi connectivity index (χ0n) is 19.3. The van der Waals surface area contributed by atoms with Crippen molar-refractivity contribution in [3.8, 4) is 0 Å². The maximum atomic E-state index is 13.2. The minimum Gasteiger partial charge on any atom is -0.351 e. The third-order valence-corrected chi connectivity index (χ3v) is 8.82. The molecule has 33 heavy (non-hydrogen) atoms. The van der Waals surface area contributed by atoms with Gasteiger partial charge in [-0.15, -0.1) is 0 Å². The molecule has 0 aromatic carbocycles. The first-order valence-electron chi connectivity index (χ1n) is 11.8. The number of rotatable bonds is 7. The number of nitrogens with zero attached hydrogens (tertiary/aromatic N) is 3. The molecule has 9 heteroatoms. The van der Waals surface area contributed by atoms with Crippen LogP contribution in [-0.4, -0.2) is 66.9 Å². The molecule has 6 rings (SSSR count). The highest BCUT2D eigenvalue weighted by Gasteiger charge is 2.50. The Morgan fingerprint density at radius 1 is 1.18 bits per heavy atom. The summed E-state index contributed by atoms with van der Waals surface area (Å²) in [4.78, 5) is 27.3. The quantitative estimate of drug-likeness (QED) is 0.667. The molecule has 1 N–H and O–H groups in total. The number of sulfone groups is 1. The molecule has 4 fully saturated rings. The van der Waals surface area contributed by atoms with Gasteiger partial charge in [-0.2, -0.15) is 5.10 Å². The van der Waals surface area contributed by atoms with E-state index < -0.39 is 9.84 Å². The van der Waals surface area contributed by atoms with Crippen molar-refractivity contribution in [2.24, 2.45) is 23.2 Å². The van der Waals surface area contributed by atoms with Crippen molar-refractivity contribution < 1.29 is 18.0 Å². The van der Waals surface area contributed by atoms with Gasteiger partial charge in [0.25, 0.3) is 11.8 Å². The lowest BCUT2D eigenvalue weighted by atomic mass is 9.49. The Labute approximate surface area is 194 Å². The van der Waals surface area contributed by atoms with Crippen LogP contribution in [0.3, 0.4) is 0 Å². The van der Waals surface area contributed by atoms with Gasteiger partial charge in [-0.25, -0.2) is 12.9 Å². The Bertz CT molecular complexity index is 1170. The van der Waals surface area contributed by atoms with Crippen molar-refractivity contribution in [3.63, 3.8) is 0 Å². The summed E-state index contributed by atoms with van der Waals surface area (Å²) in [5.41, 5.74) is 1.50. The molecule has 4 saturated carbocycles. The predicted octanol–water partition coefficient (Wildman–Crippen LogP) is 2.40. The zero-order chi connectivity index (χ0) is 23.4. The fourth-order valence-electron chi connectivity index (χ4n) is 6.78. The van der Waals surface area contributed by atoms with E-state index in [4.69, 9.17) is 0 Å². The van der Waals surface area contributed by atoms with Gasteiger partial charge < -0.3 is 10.2 Å². The second-order valence-corrected chi connectivity index (χ2v) is 13.0. The largest absolute Gasteiger partial charge is 0.351 e. The maximum absolute atomic E-state index is 13.2. The highest BCUT2D eigenvalue weighted by molar-refractivity contribution is 7.90. The number of nitrogens with one attached hydrogen (secondary N) is 1. The maximum Gasteiger partial charge on any atom is 0.274 e. The molecule has 2 aromatic heterocycles. The van der Waals surface area contributed by atoms with Crippen LogP contribution in [0.1, 0.15) is 59.4 Å². The molecular weight excluding hydrogens is 440 g/mol. The van der Waals surface area contributed by atoms with E-state index in [0.717, 1.165) is 24.0 Å². The summed E-state index contributed by atoms with van der Waals surface area (Å²) in [5, 5.41) is 7.54.